The van der Waals surface area contributed by atoms with E-state index in [0.717, 1.165) is 16.9 Å². The average Bonchev–Trinajstić information content (AvgIpc) is 2.73. The highest BCUT2D eigenvalue weighted by molar-refractivity contribution is 7.89. The lowest BCUT2D eigenvalue weighted by atomic mass is 10.2. The van der Waals surface area contributed by atoms with Gasteiger partial charge in [0.05, 0.1) is 27.7 Å². The number of anilines is 1. The molecule has 1 aliphatic heterocycles. The summed E-state index contributed by atoms with van der Waals surface area (Å²) < 4.78 is 27.0. The first-order valence-corrected chi connectivity index (χ1v) is 10.2. The molecule has 144 valence electrons. The summed E-state index contributed by atoms with van der Waals surface area (Å²) in [6.45, 7) is 1.63. The molecule has 1 fully saturated rings. The van der Waals surface area contributed by atoms with Crippen molar-refractivity contribution in [2.45, 2.75) is 4.90 Å². The Labute approximate surface area is 162 Å². The molecule has 1 N–H and O–H groups in total. The lowest BCUT2D eigenvalue weighted by molar-refractivity contribution is 0.0696. The molecule has 0 atom stereocenters. The first-order valence-electron chi connectivity index (χ1n) is 8.75. The third-order valence-electron chi connectivity index (χ3n) is 4.74. The maximum atomic E-state index is 12.8. The molecule has 3 aromatic rings. The van der Waals surface area contributed by atoms with Gasteiger partial charge in [0.2, 0.25) is 10.0 Å². The van der Waals surface area contributed by atoms with Gasteiger partial charge in [-0.05, 0) is 36.4 Å². The first-order chi connectivity index (χ1) is 13.4. The Hall–Kier alpha value is -3.04. The third kappa shape index (κ3) is 3.41. The van der Waals surface area contributed by atoms with E-state index in [1.54, 1.807) is 6.20 Å². The Balaban J connectivity index is 1.48. The number of hydrogen-bond donors (Lipinski definition) is 1. The summed E-state index contributed by atoms with van der Waals surface area (Å²) in [5, 5.41) is 8.95. The lowest BCUT2D eigenvalue weighted by Crippen LogP contribution is -2.48. The zero-order chi connectivity index (χ0) is 19.7. The summed E-state index contributed by atoms with van der Waals surface area (Å²) in [6, 6.07) is 12.9. The molecule has 0 bridgehead atoms. The van der Waals surface area contributed by atoms with E-state index in [0.29, 0.717) is 26.2 Å². The number of nitrogens with zero attached hydrogens (tertiary/aromatic N) is 4. The molecule has 0 spiro atoms. The van der Waals surface area contributed by atoms with Gasteiger partial charge in [0.1, 0.15) is 5.82 Å². The molecule has 2 heterocycles. The molecule has 9 heteroatoms. The van der Waals surface area contributed by atoms with E-state index in [-0.39, 0.29) is 10.5 Å². The Morgan fingerprint density at radius 1 is 0.929 bits per heavy atom. The predicted octanol–water partition coefficient (Wildman–Crippen LogP) is 1.84. The van der Waals surface area contributed by atoms with E-state index in [2.05, 4.69) is 9.97 Å². The van der Waals surface area contributed by atoms with Gasteiger partial charge in [-0.25, -0.2) is 18.2 Å². The number of para-hydroxylation sites is 2. The predicted molar refractivity (Wildman–Crippen MR) is 104 cm³/mol. The largest absolute Gasteiger partial charge is 0.478 e. The van der Waals surface area contributed by atoms with Crippen molar-refractivity contribution in [1.82, 2.24) is 14.3 Å². The van der Waals surface area contributed by atoms with Crippen molar-refractivity contribution < 1.29 is 18.3 Å². The van der Waals surface area contributed by atoms with Gasteiger partial charge in [-0.2, -0.15) is 4.31 Å². The standard InChI is InChI=1S/C19H18N4O4S/c24-19(25)14-5-7-15(8-6-14)28(26,27)23-11-9-22(10-12-23)18-13-20-16-3-1-2-4-17(16)21-18/h1-8,13H,9-12H2,(H,24,25). The smallest absolute Gasteiger partial charge is 0.335 e. The maximum Gasteiger partial charge on any atom is 0.335 e. The quantitative estimate of drug-likeness (QED) is 0.715. The van der Waals surface area contributed by atoms with Crippen LogP contribution in [0.3, 0.4) is 0 Å². The van der Waals surface area contributed by atoms with E-state index in [9.17, 15) is 13.2 Å². The fraction of sp³-hybridized carbons (Fsp3) is 0.211. The Morgan fingerprint density at radius 3 is 2.21 bits per heavy atom. The molecule has 1 aromatic heterocycles. The number of benzene rings is 2. The molecule has 1 aliphatic rings. The van der Waals surface area contributed by atoms with Crippen molar-refractivity contribution in [2.24, 2.45) is 0 Å². The van der Waals surface area contributed by atoms with Crippen molar-refractivity contribution >= 4 is 32.8 Å². The van der Waals surface area contributed by atoms with Gasteiger partial charge in [0.15, 0.2) is 0 Å². The van der Waals surface area contributed by atoms with Gasteiger partial charge in [-0.15, -0.1) is 0 Å². The number of carbonyl (C=O) groups is 1. The molecule has 0 saturated carbocycles. The van der Waals surface area contributed by atoms with E-state index < -0.39 is 16.0 Å². The molecule has 2 aromatic carbocycles. The number of piperazine rings is 1. The van der Waals surface area contributed by atoms with Crippen LogP contribution in [0.5, 0.6) is 0 Å². The fourth-order valence-electron chi connectivity index (χ4n) is 3.18. The molecule has 4 rings (SSSR count). The van der Waals surface area contributed by atoms with E-state index in [1.165, 1.54) is 28.6 Å². The summed E-state index contributed by atoms with van der Waals surface area (Å²) in [7, 11) is -3.67. The number of carboxylic acid groups (broad SMARTS) is 1. The highest BCUT2D eigenvalue weighted by atomic mass is 32.2. The minimum Gasteiger partial charge on any atom is -0.478 e. The second-order valence-electron chi connectivity index (χ2n) is 6.44. The van der Waals surface area contributed by atoms with Gasteiger partial charge in [-0.1, -0.05) is 12.1 Å². The van der Waals surface area contributed by atoms with Gasteiger partial charge >= 0.3 is 5.97 Å². The average molecular weight is 398 g/mol. The number of sulfonamides is 1. The Morgan fingerprint density at radius 2 is 1.57 bits per heavy atom. The lowest BCUT2D eigenvalue weighted by Gasteiger charge is -2.34. The summed E-state index contributed by atoms with van der Waals surface area (Å²) in [5.74, 6) is -0.365. The van der Waals surface area contributed by atoms with Gasteiger partial charge in [0.25, 0.3) is 0 Å². The highest BCUT2D eigenvalue weighted by Gasteiger charge is 2.29. The van der Waals surface area contributed by atoms with Crippen LogP contribution in [0, 0.1) is 0 Å². The van der Waals surface area contributed by atoms with Crippen LogP contribution in [0.2, 0.25) is 0 Å². The molecule has 0 aliphatic carbocycles. The van der Waals surface area contributed by atoms with E-state index in [1.807, 2.05) is 29.2 Å². The van der Waals surface area contributed by atoms with Crippen molar-refractivity contribution in [3.63, 3.8) is 0 Å². The van der Waals surface area contributed by atoms with Gasteiger partial charge in [-0.3, -0.25) is 4.98 Å². The molecular weight excluding hydrogens is 380 g/mol. The molecule has 0 amide bonds. The molecule has 0 unspecified atom stereocenters. The van der Waals surface area contributed by atoms with Gasteiger partial charge < -0.3 is 10.0 Å². The summed E-state index contributed by atoms with van der Waals surface area (Å²) in [4.78, 5) is 22.1. The number of aromatic nitrogens is 2. The van der Waals surface area contributed by atoms with Crippen LogP contribution >= 0.6 is 0 Å². The monoisotopic (exact) mass is 398 g/mol. The Bertz CT molecular complexity index is 1120. The van der Waals surface area contributed by atoms with Crippen LogP contribution in [0.1, 0.15) is 10.4 Å². The normalized spacial score (nSPS) is 15.6. The number of carboxylic acids is 1. The molecule has 8 nitrogen and oxygen atoms in total. The minimum atomic E-state index is -3.67. The van der Waals surface area contributed by atoms with Crippen molar-refractivity contribution in [1.29, 1.82) is 0 Å². The molecule has 1 saturated heterocycles. The van der Waals surface area contributed by atoms with Crippen molar-refractivity contribution in [3.05, 3.63) is 60.3 Å². The van der Waals surface area contributed by atoms with Crippen LogP contribution in [-0.4, -0.2) is 59.9 Å². The number of aromatic carboxylic acids is 1. The van der Waals surface area contributed by atoms with Crippen LogP contribution in [-0.2, 0) is 10.0 Å². The topological polar surface area (TPSA) is 104 Å². The Kier molecular flexibility index (Phi) is 4.70. The fourth-order valence-corrected chi connectivity index (χ4v) is 4.60. The van der Waals surface area contributed by atoms with Crippen molar-refractivity contribution in [3.8, 4) is 0 Å². The molecule has 0 radical (unpaired) electrons. The minimum absolute atomic E-state index is 0.0543. The second kappa shape index (κ2) is 7.17. The van der Waals surface area contributed by atoms with Crippen molar-refractivity contribution in [2.75, 3.05) is 31.1 Å². The summed E-state index contributed by atoms with van der Waals surface area (Å²) >= 11 is 0. The zero-order valence-corrected chi connectivity index (χ0v) is 15.7. The zero-order valence-electron chi connectivity index (χ0n) is 14.9. The number of rotatable bonds is 4. The number of fused-ring (bicyclic) bond motifs is 1. The third-order valence-corrected chi connectivity index (χ3v) is 6.65. The van der Waals surface area contributed by atoms with Crippen LogP contribution in [0.15, 0.2) is 59.6 Å². The van der Waals surface area contributed by atoms with Crippen LogP contribution in [0.25, 0.3) is 11.0 Å². The van der Waals surface area contributed by atoms with Gasteiger partial charge in [0, 0.05) is 26.2 Å². The molecular formula is C19H18N4O4S. The van der Waals surface area contributed by atoms with E-state index >= 15 is 0 Å². The number of hydrogen-bond acceptors (Lipinski definition) is 6. The maximum absolute atomic E-state index is 12.8. The molecule has 28 heavy (non-hydrogen) atoms. The van der Waals surface area contributed by atoms with E-state index in [4.69, 9.17) is 5.11 Å². The SMILES string of the molecule is O=C(O)c1ccc(S(=O)(=O)N2CCN(c3cnc4ccccc4n3)CC2)cc1. The summed E-state index contributed by atoms with van der Waals surface area (Å²) in [6.07, 6.45) is 1.71. The summed E-state index contributed by atoms with van der Waals surface area (Å²) in [5.41, 5.74) is 1.67. The highest BCUT2D eigenvalue weighted by Crippen LogP contribution is 2.21. The van der Waals surface area contributed by atoms with Crippen LogP contribution < -0.4 is 4.90 Å². The first kappa shape index (κ1) is 18.3. The van der Waals surface area contributed by atoms with Crippen LogP contribution in [0.4, 0.5) is 5.82 Å². The second-order valence-corrected chi connectivity index (χ2v) is 8.38.